The Balaban J connectivity index is 2.14. The van der Waals surface area contributed by atoms with Crippen LogP contribution in [0, 0.1) is 0 Å². The average Bonchev–Trinajstić information content (AvgIpc) is 2.90. The lowest BCUT2D eigenvalue weighted by Gasteiger charge is -2.06. The number of pyridine rings is 1. The third-order valence-corrected chi connectivity index (χ3v) is 3.70. The molecule has 0 aliphatic rings. The maximum Gasteiger partial charge on any atom is 0.241 e. The SMILES string of the molecule is CNc1cc(S(=O)(=O)NCc2cnc[nH]2)ccn1. The minimum absolute atomic E-state index is 0.166. The van der Waals surface area contributed by atoms with E-state index < -0.39 is 10.0 Å². The Morgan fingerprint density at radius 1 is 1.44 bits per heavy atom. The normalized spacial score (nSPS) is 11.4. The van der Waals surface area contributed by atoms with Gasteiger partial charge in [-0.1, -0.05) is 0 Å². The van der Waals surface area contributed by atoms with Crippen molar-refractivity contribution in [2.75, 3.05) is 12.4 Å². The number of H-pyrrole nitrogens is 1. The molecule has 0 unspecified atom stereocenters. The van der Waals surface area contributed by atoms with E-state index in [0.29, 0.717) is 11.5 Å². The summed E-state index contributed by atoms with van der Waals surface area (Å²) in [6, 6.07) is 2.91. The molecule has 0 bridgehead atoms. The number of anilines is 1. The van der Waals surface area contributed by atoms with Crippen LogP contribution in [0.5, 0.6) is 0 Å². The quantitative estimate of drug-likeness (QED) is 0.724. The van der Waals surface area contributed by atoms with Crippen LogP contribution in [0.3, 0.4) is 0 Å². The van der Waals surface area contributed by atoms with Crippen molar-refractivity contribution in [1.82, 2.24) is 19.7 Å². The minimum Gasteiger partial charge on any atom is -0.373 e. The largest absolute Gasteiger partial charge is 0.373 e. The Kier molecular flexibility index (Phi) is 3.58. The van der Waals surface area contributed by atoms with Crippen molar-refractivity contribution in [2.24, 2.45) is 0 Å². The maximum absolute atomic E-state index is 12.0. The van der Waals surface area contributed by atoms with E-state index >= 15 is 0 Å². The number of aromatic nitrogens is 3. The van der Waals surface area contributed by atoms with Crippen LogP contribution in [0.4, 0.5) is 5.82 Å². The molecule has 2 rings (SSSR count). The zero-order valence-corrected chi connectivity index (χ0v) is 10.5. The Hall–Kier alpha value is -1.93. The monoisotopic (exact) mass is 267 g/mol. The first-order valence-electron chi connectivity index (χ1n) is 5.22. The first-order valence-corrected chi connectivity index (χ1v) is 6.71. The summed E-state index contributed by atoms with van der Waals surface area (Å²) in [4.78, 5) is 10.8. The summed E-state index contributed by atoms with van der Waals surface area (Å²) in [5, 5.41) is 2.79. The van der Waals surface area contributed by atoms with E-state index in [4.69, 9.17) is 0 Å². The molecule has 0 spiro atoms. The molecule has 0 aliphatic carbocycles. The van der Waals surface area contributed by atoms with Crippen LogP contribution in [-0.4, -0.2) is 30.4 Å². The van der Waals surface area contributed by atoms with Gasteiger partial charge in [0.25, 0.3) is 0 Å². The molecule has 8 heteroatoms. The molecular formula is C10H13N5O2S. The molecule has 0 fully saturated rings. The zero-order chi connectivity index (χ0) is 13.0. The summed E-state index contributed by atoms with van der Waals surface area (Å²) in [6.45, 7) is 0.166. The predicted molar refractivity (Wildman–Crippen MR) is 66.4 cm³/mol. The van der Waals surface area contributed by atoms with E-state index in [2.05, 4.69) is 25.0 Å². The van der Waals surface area contributed by atoms with Gasteiger partial charge in [-0.15, -0.1) is 0 Å². The van der Waals surface area contributed by atoms with Gasteiger partial charge in [-0.3, -0.25) is 0 Å². The lowest BCUT2D eigenvalue weighted by atomic mass is 10.5. The van der Waals surface area contributed by atoms with Gasteiger partial charge in [-0.2, -0.15) is 0 Å². The Bertz CT molecular complexity index is 609. The lowest BCUT2D eigenvalue weighted by molar-refractivity contribution is 0.580. The average molecular weight is 267 g/mol. The number of nitrogens with zero attached hydrogens (tertiary/aromatic N) is 2. The number of rotatable bonds is 5. The molecule has 0 atom stereocenters. The number of hydrogen-bond donors (Lipinski definition) is 3. The van der Waals surface area contributed by atoms with Gasteiger partial charge < -0.3 is 10.3 Å². The second-order valence-electron chi connectivity index (χ2n) is 3.53. The third-order valence-electron chi connectivity index (χ3n) is 2.31. The van der Waals surface area contributed by atoms with Crippen molar-refractivity contribution < 1.29 is 8.42 Å². The van der Waals surface area contributed by atoms with E-state index in [1.807, 2.05) is 0 Å². The van der Waals surface area contributed by atoms with Crippen LogP contribution in [0.25, 0.3) is 0 Å². The van der Waals surface area contributed by atoms with Gasteiger partial charge in [0, 0.05) is 31.2 Å². The van der Waals surface area contributed by atoms with Crippen LogP contribution in [0.1, 0.15) is 5.69 Å². The van der Waals surface area contributed by atoms with E-state index in [1.165, 1.54) is 24.7 Å². The summed E-state index contributed by atoms with van der Waals surface area (Å²) >= 11 is 0. The minimum atomic E-state index is -3.55. The van der Waals surface area contributed by atoms with Crippen molar-refractivity contribution in [3.8, 4) is 0 Å². The van der Waals surface area contributed by atoms with Gasteiger partial charge in [0.1, 0.15) is 5.82 Å². The molecular weight excluding hydrogens is 254 g/mol. The number of sulfonamides is 1. The topological polar surface area (TPSA) is 99.8 Å². The van der Waals surface area contributed by atoms with Gasteiger partial charge in [-0.05, 0) is 6.07 Å². The Morgan fingerprint density at radius 3 is 2.94 bits per heavy atom. The smallest absolute Gasteiger partial charge is 0.241 e. The van der Waals surface area contributed by atoms with Crippen molar-refractivity contribution in [2.45, 2.75) is 11.4 Å². The van der Waals surface area contributed by atoms with Crippen LogP contribution in [-0.2, 0) is 16.6 Å². The lowest BCUT2D eigenvalue weighted by Crippen LogP contribution is -2.23. The van der Waals surface area contributed by atoms with E-state index in [1.54, 1.807) is 13.2 Å². The van der Waals surface area contributed by atoms with Crippen LogP contribution < -0.4 is 10.0 Å². The Morgan fingerprint density at radius 2 is 2.28 bits per heavy atom. The fourth-order valence-corrected chi connectivity index (χ4v) is 2.37. The number of imidazole rings is 1. The summed E-state index contributed by atoms with van der Waals surface area (Å²) in [7, 11) is -1.87. The molecule has 0 saturated carbocycles. The summed E-state index contributed by atoms with van der Waals surface area (Å²) in [5.74, 6) is 0.499. The molecule has 2 heterocycles. The van der Waals surface area contributed by atoms with Crippen LogP contribution in [0.15, 0.2) is 35.7 Å². The van der Waals surface area contributed by atoms with Crippen molar-refractivity contribution in [3.63, 3.8) is 0 Å². The fourth-order valence-electron chi connectivity index (χ4n) is 1.35. The molecule has 7 nitrogen and oxygen atoms in total. The second kappa shape index (κ2) is 5.15. The van der Waals surface area contributed by atoms with E-state index in [9.17, 15) is 8.42 Å². The standard InChI is InChI=1S/C10H13N5O2S/c1-11-10-4-9(2-3-13-10)18(16,17)15-6-8-5-12-7-14-8/h2-5,7,15H,6H2,1H3,(H,11,13)(H,12,14). The fraction of sp³-hybridized carbons (Fsp3) is 0.200. The molecule has 18 heavy (non-hydrogen) atoms. The molecule has 2 aromatic heterocycles. The van der Waals surface area contributed by atoms with Gasteiger partial charge in [-0.25, -0.2) is 23.1 Å². The highest BCUT2D eigenvalue weighted by molar-refractivity contribution is 7.89. The molecule has 96 valence electrons. The van der Waals surface area contributed by atoms with Gasteiger partial charge in [0.2, 0.25) is 10.0 Å². The highest BCUT2D eigenvalue weighted by Crippen LogP contribution is 2.12. The van der Waals surface area contributed by atoms with Crippen molar-refractivity contribution >= 4 is 15.8 Å². The first-order chi connectivity index (χ1) is 8.62. The molecule has 0 amide bonds. The summed E-state index contributed by atoms with van der Waals surface area (Å²) < 4.78 is 26.5. The van der Waals surface area contributed by atoms with Crippen molar-refractivity contribution in [1.29, 1.82) is 0 Å². The van der Waals surface area contributed by atoms with Crippen LogP contribution in [0.2, 0.25) is 0 Å². The maximum atomic E-state index is 12.0. The first kappa shape index (κ1) is 12.5. The zero-order valence-electron chi connectivity index (χ0n) is 9.71. The van der Waals surface area contributed by atoms with Gasteiger partial charge in [0.15, 0.2) is 0 Å². The van der Waals surface area contributed by atoms with Gasteiger partial charge in [0.05, 0.1) is 17.8 Å². The molecule has 0 saturated heterocycles. The molecule has 3 N–H and O–H groups in total. The summed E-state index contributed by atoms with van der Waals surface area (Å²) in [5.41, 5.74) is 0.696. The van der Waals surface area contributed by atoms with Gasteiger partial charge >= 0.3 is 0 Å². The summed E-state index contributed by atoms with van der Waals surface area (Å²) in [6.07, 6.45) is 4.50. The highest BCUT2D eigenvalue weighted by Gasteiger charge is 2.14. The molecule has 0 aliphatic heterocycles. The van der Waals surface area contributed by atoms with Crippen molar-refractivity contribution in [3.05, 3.63) is 36.5 Å². The van der Waals surface area contributed by atoms with E-state index in [0.717, 1.165) is 0 Å². The molecule has 0 aromatic carbocycles. The number of hydrogen-bond acceptors (Lipinski definition) is 5. The highest BCUT2D eigenvalue weighted by atomic mass is 32.2. The number of nitrogens with one attached hydrogen (secondary N) is 3. The molecule has 0 radical (unpaired) electrons. The second-order valence-corrected chi connectivity index (χ2v) is 5.30. The van der Waals surface area contributed by atoms with E-state index in [-0.39, 0.29) is 11.4 Å². The molecule has 2 aromatic rings. The third kappa shape index (κ3) is 2.84. The predicted octanol–water partition coefficient (Wildman–Crippen LogP) is 0.325. The van der Waals surface area contributed by atoms with Crippen LogP contribution >= 0.6 is 0 Å². The number of aromatic amines is 1. The Labute approximate surface area is 105 Å².